The first-order valence-corrected chi connectivity index (χ1v) is 3.29. The minimum atomic E-state index is -0.824. The van der Waals surface area contributed by atoms with Crippen LogP contribution < -0.4 is 5.73 Å². The van der Waals surface area contributed by atoms with Crippen LogP contribution in [-0.2, 0) is 0 Å². The highest BCUT2D eigenvalue weighted by molar-refractivity contribution is 5.84. The minimum Gasteiger partial charge on any atom is -0.409 e. The van der Waals surface area contributed by atoms with Crippen LogP contribution in [-0.4, -0.2) is 22.3 Å². The van der Waals surface area contributed by atoms with Gasteiger partial charge in [-0.05, 0) is 5.92 Å². The van der Waals surface area contributed by atoms with Crippen molar-refractivity contribution >= 4 is 5.84 Å². The molecule has 60 valence electrons. The molecule has 0 heterocycles. The van der Waals surface area contributed by atoms with Crippen molar-refractivity contribution in [2.45, 2.75) is 26.4 Å². The fraction of sp³-hybridized carbons (Fsp3) is 0.833. The van der Waals surface area contributed by atoms with Crippen molar-refractivity contribution in [2.24, 2.45) is 16.8 Å². The van der Waals surface area contributed by atoms with Gasteiger partial charge in [-0.15, -0.1) is 0 Å². The van der Waals surface area contributed by atoms with Gasteiger partial charge in [0.15, 0.2) is 5.84 Å². The van der Waals surface area contributed by atoms with E-state index in [4.69, 9.17) is 10.9 Å². The van der Waals surface area contributed by atoms with Crippen LogP contribution in [0.5, 0.6) is 0 Å². The fourth-order valence-corrected chi connectivity index (χ4v) is 0.574. The fourth-order valence-electron chi connectivity index (χ4n) is 0.574. The first kappa shape index (κ1) is 9.23. The Hall–Kier alpha value is -0.770. The Labute approximate surface area is 60.3 Å². The summed E-state index contributed by atoms with van der Waals surface area (Å²) in [6.45, 7) is 3.77. The van der Waals surface area contributed by atoms with E-state index in [0.717, 1.165) is 6.42 Å². The second-order valence-corrected chi connectivity index (χ2v) is 2.36. The van der Waals surface area contributed by atoms with Crippen LogP contribution in [0, 0.1) is 5.92 Å². The first-order chi connectivity index (χ1) is 4.63. The van der Waals surface area contributed by atoms with Crippen molar-refractivity contribution in [1.29, 1.82) is 0 Å². The van der Waals surface area contributed by atoms with E-state index >= 15 is 0 Å². The van der Waals surface area contributed by atoms with Gasteiger partial charge in [0.25, 0.3) is 0 Å². The molecule has 0 spiro atoms. The van der Waals surface area contributed by atoms with Crippen LogP contribution in [0.1, 0.15) is 20.3 Å². The molecule has 0 aromatic heterocycles. The summed E-state index contributed by atoms with van der Waals surface area (Å²) in [6.07, 6.45) is -0.0211. The molecule has 10 heavy (non-hydrogen) atoms. The molecule has 0 radical (unpaired) electrons. The van der Waals surface area contributed by atoms with Gasteiger partial charge in [0, 0.05) is 0 Å². The third kappa shape index (κ3) is 2.23. The highest BCUT2D eigenvalue weighted by Gasteiger charge is 2.16. The molecule has 0 bridgehead atoms. The smallest absolute Gasteiger partial charge is 0.168 e. The van der Waals surface area contributed by atoms with Crippen LogP contribution in [0.25, 0.3) is 0 Å². The maximum atomic E-state index is 9.17. The summed E-state index contributed by atoms with van der Waals surface area (Å²) in [6, 6.07) is 0. The van der Waals surface area contributed by atoms with E-state index in [-0.39, 0.29) is 11.8 Å². The molecule has 4 nitrogen and oxygen atoms in total. The lowest BCUT2D eigenvalue weighted by Crippen LogP contribution is -2.33. The minimum absolute atomic E-state index is 0.0379. The van der Waals surface area contributed by atoms with Gasteiger partial charge in [0.1, 0.15) is 6.10 Å². The van der Waals surface area contributed by atoms with Crippen LogP contribution in [0.3, 0.4) is 0 Å². The van der Waals surface area contributed by atoms with Crippen LogP contribution in [0.2, 0.25) is 0 Å². The van der Waals surface area contributed by atoms with Gasteiger partial charge >= 0.3 is 0 Å². The number of amidine groups is 1. The predicted octanol–water partition coefficient (Wildman–Crippen LogP) is 0.140. The van der Waals surface area contributed by atoms with E-state index in [0.29, 0.717) is 0 Å². The first-order valence-electron chi connectivity index (χ1n) is 3.29. The highest BCUT2D eigenvalue weighted by Crippen LogP contribution is 2.06. The average Bonchev–Trinajstić information content (AvgIpc) is 2.00. The quantitative estimate of drug-likeness (QED) is 0.229. The lowest BCUT2D eigenvalue weighted by molar-refractivity contribution is 0.170. The van der Waals surface area contributed by atoms with Crippen LogP contribution in [0.15, 0.2) is 5.16 Å². The summed E-state index contributed by atoms with van der Waals surface area (Å²) in [5, 5.41) is 20.0. The molecule has 2 atom stereocenters. The molecule has 0 aliphatic rings. The zero-order valence-corrected chi connectivity index (χ0v) is 6.28. The average molecular weight is 146 g/mol. The van der Waals surface area contributed by atoms with Gasteiger partial charge in [0.2, 0.25) is 0 Å². The Kier molecular flexibility index (Phi) is 3.79. The molecule has 0 saturated carbocycles. The predicted molar refractivity (Wildman–Crippen MR) is 38.9 cm³/mol. The Balaban J connectivity index is 3.94. The number of aliphatic hydroxyl groups excluding tert-OH is 1. The molecule has 4 heteroatoms. The molecule has 2 unspecified atom stereocenters. The summed E-state index contributed by atoms with van der Waals surface area (Å²) in [7, 11) is 0. The second-order valence-electron chi connectivity index (χ2n) is 2.36. The summed E-state index contributed by atoms with van der Waals surface area (Å²) >= 11 is 0. The van der Waals surface area contributed by atoms with Crippen LogP contribution >= 0.6 is 0 Å². The van der Waals surface area contributed by atoms with Gasteiger partial charge in [-0.1, -0.05) is 25.4 Å². The number of nitrogens with two attached hydrogens (primary N) is 1. The van der Waals surface area contributed by atoms with Crippen molar-refractivity contribution in [3.63, 3.8) is 0 Å². The molecule has 0 aromatic carbocycles. The summed E-state index contributed by atoms with van der Waals surface area (Å²) in [4.78, 5) is 0. The second kappa shape index (κ2) is 4.11. The molecule has 0 fully saturated rings. The molecule has 0 aliphatic carbocycles. The third-order valence-electron chi connectivity index (χ3n) is 1.60. The zero-order chi connectivity index (χ0) is 8.15. The molecule has 0 rings (SSSR count). The van der Waals surface area contributed by atoms with Crippen molar-refractivity contribution in [3.8, 4) is 0 Å². The van der Waals surface area contributed by atoms with Gasteiger partial charge in [-0.25, -0.2) is 0 Å². The standard InChI is InChI=1S/C6H14N2O2/c1-3-4(2)5(9)6(7)8-10/h4-5,9-10H,3H2,1-2H3,(H2,7,8). The lowest BCUT2D eigenvalue weighted by Gasteiger charge is -2.14. The topological polar surface area (TPSA) is 78.8 Å². The van der Waals surface area contributed by atoms with Gasteiger partial charge < -0.3 is 16.0 Å². The van der Waals surface area contributed by atoms with Crippen molar-refractivity contribution in [1.82, 2.24) is 0 Å². The van der Waals surface area contributed by atoms with E-state index in [1.807, 2.05) is 13.8 Å². The van der Waals surface area contributed by atoms with E-state index in [1.54, 1.807) is 0 Å². The number of hydrogen-bond acceptors (Lipinski definition) is 3. The van der Waals surface area contributed by atoms with E-state index in [1.165, 1.54) is 0 Å². The number of nitrogens with zero attached hydrogens (tertiary/aromatic N) is 1. The van der Waals surface area contributed by atoms with Gasteiger partial charge in [-0.2, -0.15) is 0 Å². The van der Waals surface area contributed by atoms with E-state index in [9.17, 15) is 5.11 Å². The van der Waals surface area contributed by atoms with Gasteiger partial charge in [-0.3, -0.25) is 0 Å². The molecule has 0 aromatic rings. The number of hydrogen-bond donors (Lipinski definition) is 3. The van der Waals surface area contributed by atoms with Crippen LogP contribution in [0.4, 0.5) is 0 Å². The van der Waals surface area contributed by atoms with Crippen molar-refractivity contribution < 1.29 is 10.3 Å². The van der Waals surface area contributed by atoms with Crippen molar-refractivity contribution in [2.75, 3.05) is 0 Å². The maximum absolute atomic E-state index is 9.17. The molecule has 0 amide bonds. The van der Waals surface area contributed by atoms with E-state index < -0.39 is 6.10 Å². The maximum Gasteiger partial charge on any atom is 0.168 e. The Morgan fingerprint density at radius 1 is 1.70 bits per heavy atom. The Bertz CT molecular complexity index is 125. The number of oxime groups is 1. The molecule has 0 saturated heterocycles. The highest BCUT2D eigenvalue weighted by atomic mass is 16.4. The number of aliphatic hydroxyl groups is 1. The largest absolute Gasteiger partial charge is 0.409 e. The van der Waals surface area contributed by atoms with Gasteiger partial charge in [0.05, 0.1) is 0 Å². The molecular formula is C6H14N2O2. The molecular weight excluding hydrogens is 132 g/mol. The Morgan fingerprint density at radius 3 is 2.50 bits per heavy atom. The van der Waals surface area contributed by atoms with Crippen molar-refractivity contribution in [3.05, 3.63) is 0 Å². The monoisotopic (exact) mass is 146 g/mol. The summed E-state index contributed by atoms with van der Waals surface area (Å²) in [5.41, 5.74) is 5.14. The molecule has 4 N–H and O–H groups in total. The summed E-state index contributed by atoms with van der Waals surface area (Å²) < 4.78 is 0. The number of rotatable bonds is 3. The Morgan fingerprint density at radius 2 is 2.20 bits per heavy atom. The molecule has 0 aliphatic heterocycles. The summed E-state index contributed by atoms with van der Waals surface area (Å²) in [5.74, 6) is -0.0785. The van der Waals surface area contributed by atoms with E-state index in [2.05, 4.69) is 5.16 Å². The SMILES string of the molecule is CCC(C)C(O)/C(N)=N/O. The zero-order valence-electron chi connectivity index (χ0n) is 6.28. The third-order valence-corrected chi connectivity index (χ3v) is 1.60. The normalized spacial score (nSPS) is 18.5. The lowest BCUT2D eigenvalue weighted by atomic mass is 10.0.